The Labute approximate surface area is 172 Å². The summed E-state index contributed by atoms with van der Waals surface area (Å²) in [6.45, 7) is 2.24. The van der Waals surface area contributed by atoms with Crippen LogP contribution in [0.3, 0.4) is 0 Å². The number of hydrogen-bond donors (Lipinski definition) is 2. The van der Waals surface area contributed by atoms with Crippen molar-refractivity contribution >= 4 is 10.0 Å². The zero-order valence-corrected chi connectivity index (χ0v) is 17.0. The molecule has 3 aromatic rings. The summed E-state index contributed by atoms with van der Waals surface area (Å²) in [6, 6.07) is 24.3. The molecule has 5 nitrogen and oxygen atoms in total. The highest BCUT2D eigenvalue weighted by molar-refractivity contribution is 7.89. The Morgan fingerprint density at radius 3 is 2.10 bits per heavy atom. The number of rotatable bonds is 9. The van der Waals surface area contributed by atoms with Gasteiger partial charge < -0.3 is 9.84 Å². The fraction of sp³-hybridized carbons (Fsp3) is 0.217. The van der Waals surface area contributed by atoms with Crippen LogP contribution in [0, 0.1) is 6.92 Å². The van der Waals surface area contributed by atoms with Crippen molar-refractivity contribution in [2.45, 2.75) is 30.6 Å². The maximum atomic E-state index is 12.8. The van der Waals surface area contributed by atoms with E-state index in [-0.39, 0.29) is 11.5 Å². The largest absolute Gasteiger partial charge is 0.387 e. The normalized spacial score (nSPS) is 13.7. The van der Waals surface area contributed by atoms with Crippen molar-refractivity contribution in [1.29, 1.82) is 0 Å². The van der Waals surface area contributed by atoms with Gasteiger partial charge >= 0.3 is 0 Å². The van der Waals surface area contributed by atoms with E-state index >= 15 is 0 Å². The van der Waals surface area contributed by atoms with Gasteiger partial charge in [-0.15, -0.1) is 0 Å². The van der Waals surface area contributed by atoms with Gasteiger partial charge in [0, 0.05) is 0 Å². The van der Waals surface area contributed by atoms with Crippen LogP contribution >= 0.6 is 0 Å². The van der Waals surface area contributed by atoms with Gasteiger partial charge in [0.05, 0.1) is 30.3 Å². The lowest BCUT2D eigenvalue weighted by atomic mass is 10.0. The van der Waals surface area contributed by atoms with Gasteiger partial charge in [0.15, 0.2) is 0 Å². The number of aliphatic hydroxyl groups is 1. The summed E-state index contributed by atoms with van der Waals surface area (Å²) >= 11 is 0. The Morgan fingerprint density at radius 1 is 0.897 bits per heavy atom. The van der Waals surface area contributed by atoms with Crippen LogP contribution in [0.4, 0.5) is 0 Å². The number of sulfonamides is 1. The molecule has 3 aromatic carbocycles. The van der Waals surface area contributed by atoms with E-state index < -0.39 is 22.2 Å². The van der Waals surface area contributed by atoms with Crippen molar-refractivity contribution in [2.75, 3.05) is 6.61 Å². The van der Waals surface area contributed by atoms with Crippen LogP contribution in [-0.4, -0.2) is 26.2 Å². The van der Waals surface area contributed by atoms with Crippen molar-refractivity contribution in [1.82, 2.24) is 4.72 Å². The zero-order chi connectivity index (χ0) is 20.7. The third-order valence-electron chi connectivity index (χ3n) is 4.57. The van der Waals surface area contributed by atoms with E-state index in [1.807, 2.05) is 43.3 Å². The molecule has 0 unspecified atom stereocenters. The highest BCUT2D eigenvalue weighted by Crippen LogP contribution is 2.20. The minimum Gasteiger partial charge on any atom is -0.387 e. The molecule has 0 bridgehead atoms. The Balaban J connectivity index is 1.77. The lowest BCUT2D eigenvalue weighted by Crippen LogP contribution is -2.42. The van der Waals surface area contributed by atoms with Crippen LogP contribution in [0.5, 0.6) is 0 Å². The summed E-state index contributed by atoms with van der Waals surface area (Å²) in [7, 11) is -3.81. The van der Waals surface area contributed by atoms with Crippen LogP contribution in [0.25, 0.3) is 0 Å². The van der Waals surface area contributed by atoms with Crippen molar-refractivity contribution < 1.29 is 18.3 Å². The Bertz CT molecular complexity index is 990. The fourth-order valence-electron chi connectivity index (χ4n) is 2.93. The third kappa shape index (κ3) is 5.98. The first-order chi connectivity index (χ1) is 14.0. The maximum Gasteiger partial charge on any atom is 0.240 e. The number of nitrogens with one attached hydrogen (secondary N) is 1. The fourth-order valence-corrected chi connectivity index (χ4v) is 4.16. The summed E-state index contributed by atoms with van der Waals surface area (Å²) in [6.07, 6.45) is -1.05. The molecule has 0 amide bonds. The number of ether oxygens (including phenoxy) is 1. The van der Waals surface area contributed by atoms with Gasteiger partial charge in [0.1, 0.15) is 0 Å². The first kappa shape index (κ1) is 21.2. The predicted molar refractivity (Wildman–Crippen MR) is 113 cm³/mol. The van der Waals surface area contributed by atoms with Crippen LogP contribution in [0.15, 0.2) is 89.8 Å². The SMILES string of the molecule is Cc1ccc(S(=O)(=O)N[C@H](COCc2ccccc2)[C@@H](O)c2ccccc2)cc1. The Kier molecular flexibility index (Phi) is 7.17. The molecular weight excluding hydrogens is 386 g/mol. The molecule has 2 N–H and O–H groups in total. The van der Waals surface area contributed by atoms with E-state index in [0.29, 0.717) is 12.2 Å². The van der Waals surface area contributed by atoms with Crippen molar-refractivity contribution in [3.8, 4) is 0 Å². The van der Waals surface area contributed by atoms with Crippen LogP contribution in [0.2, 0.25) is 0 Å². The number of aliphatic hydroxyl groups excluding tert-OH is 1. The highest BCUT2D eigenvalue weighted by atomic mass is 32.2. The quantitative estimate of drug-likeness (QED) is 0.564. The minimum atomic E-state index is -3.81. The molecule has 6 heteroatoms. The average molecular weight is 412 g/mol. The third-order valence-corrected chi connectivity index (χ3v) is 6.07. The Morgan fingerprint density at radius 2 is 1.48 bits per heavy atom. The molecule has 0 saturated heterocycles. The average Bonchev–Trinajstić information content (AvgIpc) is 2.74. The first-order valence-electron chi connectivity index (χ1n) is 9.39. The van der Waals surface area contributed by atoms with Crippen molar-refractivity contribution in [3.05, 3.63) is 102 Å². The van der Waals surface area contributed by atoms with E-state index in [9.17, 15) is 13.5 Å². The molecule has 29 heavy (non-hydrogen) atoms. The molecule has 0 saturated carbocycles. The van der Waals surface area contributed by atoms with Gasteiger partial charge in [0.2, 0.25) is 10.0 Å². The molecule has 0 radical (unpaired) electrons. The molecule has 0 fully saturated rings. The summed E-state index contributed by atoms with van der Waals surface area (Å²) < 4.78 is 34.0. The lowest BCUT2D eigenvalue weighted by molar-refractivity contribution is 0.0486. The van der Waals surface area contributed by atoms with Gasteiger partial charge in [-0.25, -0.2) is 13.1 Å². The predicted octanol–water partition coefficient (Wildman–Crippen LogP) is 3.59. The van der Waals surface area contributed by atoms with Gasteiger partial charge in [-0.2, -0.15) is 0 Å². The van der Waals surface area contributed by atoms with Crippen LogP contribution in [0.1, 0.15) is 22.8 Å². The number of benzene rings is 3. The van der Waals surface area contributed by atoms with Crippen molar-refractivity contribution in [2.24, 2.45) is 0 Å². The molecule has 2 atom stereocenters. The molecule has 0 heterocycles. The lowest BCUT2D eigenvalue weighted by Gasteiger charge is -2.24. The first-order valence-corrected chi connectivity index (χ1v) is 10.9. The summed E-state index contributed by atoms with van der Waals surface area (Å²) in [5.74, 6) is 0. The molecule has 0 aliphatic rings. The van der Waals surface area contributed by atoms with Gasteiger partial charge in [-0.1, -0.05) is 78.4 Å². The topological polar surface area (TPSA) is 75.6 Å². The second-order valence-corrected chi connectivity index (χ2v) is 8.61. The van der Waals surface area contributed by atoms with Gasteiger partial charge in [-0.05, 0) is 30.2 Å². The molecular formula is C23H25NO4S. The number of aryl methyl sites for hydroxylation is 1. The van der Waals surface area contributed by atoms with Gasteiger partial charge in [0.25, 0.3) is 0 Å². The summed E-state index contributed by atoms with van der Waals surface area (Å²) in [5, 5.41) is 10.8. The van der Waals surface area contributed by atoms with Crippen LogP contribution in [-0.2, 0) is 21.4 Å². The molecule has 3 rings (SSSR count). The molecule has 0 aliphatic carbocycles. The minimum absolute atomic E-state index is 0.0239. The summed E-state index contributed by atoms with van der Waals surface area (Å²) in [4.78, 5) is 0.149. The van der Waals surface area contributed by atoms with E-state index in [1.54, 1.807) is 48.5 Å². The molecule has 0 aromatic heterocycles. The van der Waals surface area contributed by atoms with E-state index in [0.717, 1.165) is 11.1 Å². The monoisotopic (exact) mass is 411 g/mol. The van der Waals surface area contributed by atoms with Crippen molar-refractivity contribution in [3.63, 3.8) is 0 Å². The van der Waals surface area contributed by atoms with E-state index in [1.165, 1.54) is 0 Å². The zero-order valence-electron chi connectivity index (χ0n) is 16.2. The maximum absolute atomic E-state index is 12.8. The van der Waals surface area contributed by atoms with Crippen LogP contribution < -0.4 is 4.72 Å². The molecule has 152 valence electrons. The number of hydrogen-bond acceptors (Lipinski definition) is 4. The Hall–Kier alpha value is -2.51. The second-order valence-electron chi connectivity index (χ2n) is 6.90. The van der Waals surface area contributed by atoms with E-state index in [2.05, 4.69) is 4.72 Å². The highest BCUT2D eigenvalue weighted by Gasteiger charge is 2.27. The molecule has 0 aliphatic heterocycles. The summed E-state index contributed by atoms with van der Waals surface area (Å²) in [5.41, 5.74) is 2.56. The van der Waals surface area contributed by atoms with E-state index in [4.69, 9.17) is 4.74 Å². The molecule has 0 spiro atoms. The van der Waals surface area contributed by atoms with Gasteiger partial charge in [-0.3, -0.25) is 0 Å². The second kappa shape index (κ2) is 9.80. The smallest absolute Gasteiger partial charge is 0.240 e. The standard InChI is InChI=1S/C23H25NO4S/c1-18-12-14-21(15-13-18)29(26,27)24-22(23(25)20-10-6-3-7-11-20)17-28-16-19-8-4-2-5-9-19/h2-15,22-25H,16-17H2,1H3/t22-,23+/m1/s1.